The summed E-state index contributed by atoms with van der Waals surface area (Å²) in [6.45, 7) is 3.37. The number of anilines is 1. The van der Waals surface area contributed by atoms with Crippen molar-refractivity contribution in [2.75, 3.05) is 11.4 Å². The Morgan fingerprint density at radius 1 is 1.30 bits per heavy atom. The molecule has 1 unspecified atom stereocenters. The minimum absolute atomic E-state index is 0.00245. The van der Waals surface area contributed by atoms with Gasteiger partial charge in [-0.2, -0.15) is 0 Å². The zero-order valence-corrected chi connectivity index (χ0v) is 12.0. The summed E-state index contributed by atoms with van der Waals surface area (Å²) in [5.41, 5.74) is 2.99. The van der Waals surface area contributed by atoms with Gasteiger partial charge in [0.05, 0.1) is 17.8 Å². The number of para-hydroxylation sites is 1. The molecule has 0 saturated carbocycles. The molecule has 2 heterocycles. The predicted octanol–water partition coefficient (Wildman–Crippen LogP) is 3.50. The number of hydrogen-bond acceptors (Lipinski definition) is 3. The van der Waals surface area contributed by atoms with Crippen LogP contribution in [0.15, 0.2) is 30.3 Å². The molecule has 1 aliphatic rings. The van der Waals surface area contributed by atoms with Crippen molar-refractivity contribution < 1.29 is 5.11 Å². The van der Waals surface area contributed by atoms with Gasteiger partial charge in [-0.15, -0.1) is 0 Å². The molecule has 1 N–H and O–H groups in total. The van der Waals surface area contributed by atoms with E-state index >= 15 is 0 Å². The Bertz CT molecular complexity index is 597. The number of hydrogen-bond donors (Lipinski definition) is 1. The summed E-state index contributed by atoms with van der Waals surface area (Å²) in [7, 11) is 0. The normalized spacial score (nSPS) is 19.5. The van der Waals surface area contributed by atoms with Crippen LogP contribution >= 0.6 is 0 Å². The SMILES string of the molecule is CCC1CCCCN1c1cc(CO)nc2ccccc12. The summed E-state index contributed by atoms with van der Waals surface area (Å²) in [5, 5.41) is 10.7. The summed E-state index contributed by atoms with van der Waals surface area (Å²) in [5.74, 6) is 0. The van der Waals surface area contributed by atoms with Crippen molar-refractivity contribution in [2.45, 2.75) is 45.3 Å². The van der Waals surface area contributed by atoms with E-state index in [1.807, 2.05) is 12.1 Å². The fourth-order valence-corrected chi connectivity index (χ4v) is 3.27. The van der Waals surface area contributed by atoms with Crippen LogP contribution in [0.2, 0.25) is 0 Å². The van der Waals surface area contributed by atoms with Crippen LogP contribution in [-0.4, -0.2) is 22.7 Å². The molecule has 106 valence electrons. The van der Waals surface area contributed by atoms with E-state index in [0.717, 1.165) is 17.8 Å². The summed E-state index contributed by atoms with van der Waals surface area (Å²) in [6.07, 6.45) is 5.01. The fourth-order valence-electron chi connectivity index (χ4n) is 3.27. The standard InChI is InChI=1S/C17H22N2O/c1-2-14-7-5-6-10-19(14)17-11-13(12-20)18-16-9-4-3-8-15(16)17/h3-4,8-9,11,14,20H,2,5-7,10,12H2,1H3. The lowest BCUT2D eigenvalue weighted by molar-refractivity contribution is 0.277. The molecule has 0 spiro atoms. The van der Waals surface area contributed by atoms with Crippen molar-refractivity contribution in [3.63, 3.8) is 0 Å². The van der Waals surface area contributed by atoms with Crippen molar-refractivity contribution in [1.29, 1.82) is 0 Å². The highest BCUT2D eigenvalue weighted by Crippen LogP contribution is 2.32. The van der Waals surface area contributed by atoms with Crippen LogP contribution in [0, 0.1) is 0 Å². The minimum atomic E-state index is 0.00245. The Morgan fingerprint density at radius 2 is 2.15 bits per heavy atom. The molecule has 1 fully saturated rings. The van der Waals surface area contributed by atoms with E-state index in [1.54, 1.807) is 0 Å². The highest BCUT2D eigenvalue weighted by molar-refractivity contribution is 5.92. The van der Waals surface area contributed by atoms with Crippen molar-refractivity contribution in [3.05, 3.63) is 36.0 Å². The third-order valence-electron chi connectivity index (χ3n) is 4.32. The highest BCUT2D eigenvalue weighted by Gasteiger charge is 2.23. The Kier molecular flexibility index (Phi) is 3.88. The van der Waals surface area contributed by atoms with E-state index in [-0.39, 0.29) is 6.61 Å². The first-order chi connectivity index (χ1) is 9.83. The number of piperidine rings is 1. The lowest BCUT2D eigenvalue weighted by Crippen LogP contribution is -2.39. The van der Waals surface area contributed by atoms with Crippen molar-refractivity contribution in [2.24, 2.45) is 0 Å². The van der Waals surface area contributed by atoms with E-state index in [4.69, 9.17) is 0 Å². The van der Waals surface area contributed by atoms with Gasteiger partial charge >= 0.3 is 0 Å². The molecule has 1 aromatic carbocycles. The van der Waals surface area contributed by atoms with Gasteiger partial charge in [0.25, 0.3) is 0 Å². The maximum Gasteiger partial charge on any atom is 0.0854 e. The topological polar surface area (TPSA) is 36.4 Å². The van der Waals surface area contributed by atoms with Crippen LogP contribution in [0.5, 0.6) is 0 Å². The summed E-state index contributed by atoms with van der Waals surface area (Å²) < 4.78 is 0. The van der Waals surface area contributed by atoms with Gasteiger partial charge in [0.1, 0.15) is 0 Å². The molecule has 0 aliphatic carbocycles. The first-order valence-electron chi connectivity index (χ1n) is 7.59. The first-order valence-corrected chi connectivity index (χ1v) is 7.59. The van der Waals surface area contributed by atoms with Gasteiger partial charge in [0.15, 0.2) is 0 Å². The molecule has 1 atom stereocenters. The Labute approximate surface area is 120 Å². The third-order valence-corrected chi connectivity index (χ3v) is 4.32. The lowest BCUT2D eigenvalue weighted by atomic mass is 9.98. The van der Waals surface area contributed by atoms with Crippen molar-refractivity contribution in [3.8, 4) is 0 Å². The molecule has 0 radical (unpaired) electrons. The second kappa shape index (κ2) is 5.80. The maximum absolute atomic E-state index is 9.46. The zero-order valence-electron chi connectivity index (χ0n) is 12.0. The lowest BCUT2D eigenvalue weighted by Gasteiger charge is -2.38. The van der Waals surface area contributed by atoms with Gasteiger partial charge in [0, 0.05) is 23.7 Å². The van der Waals surface area contributed by atoms with Gasteiger partial charge in [-0.1, -0.05) is 25.1 Å². The molecule has 3 rings (SSSR count). The number of aliphatic hydroxyl groups is 1. The molecule has 1 aromatic heterocycles. The average molecular weight is 270 g/mol. The van der Waals surface area contributed by atoms with Gasteiger partial charge in [0.2, 0.25) is 0 Å². The van der Waals surface area contributed by atoms with E-state index < -0.39 is 0 Å². The summed E-state index contributed by atoms with van der Waals surface area (Å²) in [4.78, 5) is 7.04. The molecule has 0 bridgehead atoms. The van der Waals surface area contributed by atoms with Crippen LogP contribution in [0.1, 0.15) is 38.3 Å². The van der Waals surface area contributed by atoms with E-state index in [2.05, 4.69) is 35.0 Å². The molecular weight excluding hydrogens is 248 g/mol. The minimum Gasteiger partial charge on any atom is -0.390 e. The molecule has 1 saturated heterocycles. The second-order valence-electron chi connectivity index (χ2n) is 5.56. The Balaban J connectivity index is 2.13. The molecule has 0 amide bonds. The number of pyridine rings is 1. The third kappa shape index (κ3) is 2.38. The Hall–Kier alpha value is -1.61. The smallest absolute Gasteiger partial charge is 0.0854 e. The molecular formula is C17H22N2O. The summed E-state index contributed by atoms with van der Waals surface area (Å²) in [6, 6.07) is 10.9. The van der Waals surface area contributed by atoms with Gasteiger partial charge < -0.3 is 10.0 Å². The maximum atomic E-state index is 9.46. The van der Waals surface area contributed by atoms with Crippen LogP contribution in [0.25, 0.3) is 10.9 Å². The van der Waals surface area contributed by atoms with Crippen molar-refractivity contribution in [1.82, 2.24) is 4.98 Å². The molecule has 1 aliphatic heterocycles. The molecule has 20 heavy (non-hydrogen) atoms. The molecule has 3 nitrogen and oxygen atoms in total. The molecule has 2 aromatic rings. The highest BCUT2D eigenvalue weighted by atomic mass is 16.3. The van der Waals surface area contributed by atoms with Crippen LogP contribution in [0.4, 0.5) is 5.69 Å². The van der Waals surface area contributed by atoms with Crippen LogP contribution in [-0.2, 0) is 6.61 Å². The Morgan fingerprint density at radius 3 is 2.95 bits per heavy atom. The van der Waals surface area contributed by atoms with E-state index in [9.17, 15) is 5.11 Å². The summed E-state index contributed by atoms with van der Waals surface area (Å²) >= 11 is 0. The second-order valence-corrected chi connectivity index (χ2v) is 5.56. The monoisotopic (exact) mass is 270 g/mol. The van der Waals surface area contributed by atoms with Gasteiger partial charge in [-0.25, -0.2) is 0 Å². The number of aromatic nitrogens is 1. The quantitative estimate of drug-likeness (QED) is 0.927. The van der Waals surface area contributed by atoms with E-state index in [1.165, 1.54) is 36.8 Å². The van der Waals surface area contributed by atoms with E-state index in [0.29, 0.717) is 6.04 Å². The first kappa shape index (κ1) is 13.4. The predicted molar refractivity (Wildman–Crippen MR) is 82.9 cm³/mol. The number of fused-ring (bicyclic) bond motifs is 1. The van der Waals surface area contributed by atoms with Crippen LogP contribution < -0.4 is 4.90 Å². The number of rotatable bonds is 3. The van der Waals surface area contributed by atoms with Gasteiger partial charge in [-0.05, 0) is 37.8 Å². The van der Waals surface area contributed by atoms with Crippen LogP contribution in [0.3, 0.4) is 0 Å². The molecule has 3 heteroatoms. The average Bonchev–Trinajstić information content (AvgIpc) is 2.53. The number of aliphatic hydroxyl groups excluding tert-OH is 1. The van der Waals surface area contributed by atoms with Gasteiger partial charge in [-0.3, -0.25) is 4.98 Å². The fraction of sp³-hybridized carbons (Fsp3) is 0.471. The number of benzene rings is 1. The van der Waals surface area contributed by atoms with Crippen molar-refractivity contribution >= 4 is 16.6 Å². The zero-order chi connectivity index (χ0) is 13.9. The number of nitrogens with zero attached hydrogens (tertiary/aromatic N) is 2. The largest absolute Gasteiger partial charge is 0.390 e.